The Morgan fingerprint density at radius 3 is 2.86 bits per heavy atom. The Bertz CT molecular complexity index is 471. The molecule has 0 aliphatic carbocycles. The van der Waals surface area contributed by atoms with E-state index >= 15 is 0 Å². The van der Waals surface area contributed by atoms with E-state index in [1.807, 2.05) is 0 Å². The number of fused-ring (bicyclic) bond motifs is 1. The highest BCUT2D eigenvalue weighted by Gasteiger charge is 2.21. The summed E-state index contributed by atoms with van der Waals surface area (Å²) in [6.07, 6.45) is 1.97. The molecular formula is C17H27N3O. The first kappa shape index (κ1) is 14.8. The minimum atomic E-state index is -0.381. The number of nitrogens with one attached hydrogen (secondary N) is 2. The Balaban J connectivity index is 1.64. The van der Waals surface area contributed by atoms with Gasteiger partial charge < -0.3 is 20.6 Å². The van der Waals surface area contributed by atoms with Gasteiger partial charge in [-0.1, -0.05) is 19.1 Å². The molecule has 4 heteroatoms. The van der Waals surface area contributed by atoms with Crippen molar-refractivity contribution in [2.24, 2.45) is 5.92 Å². The van der Waals surface area contributed by atoms with E-state index in [-0.39, 0.29) is 12.0 Å². The highest BCUT2D eigenvalue weighted by Crippen LogP contribution is 2.29. The Morgan fingerprint density at radius 1 is 1.24 bits per heavy atom. The molecule has 0 radical (unpaired) electrons. The van der Waals surface area contributed by atoms with Gasteiger partial charge in [0.05, 0.1) is 6.10 Å². The summed E-state index contributed by atoms with van der Waals surface area (Å²) in [6, 6.07) is 6.43. The van der Waals surface area contributed by atoms with Crippen molar-refractivity contribution in [3.63, 3.8) is 0 Å². The van der Waals surface area contributed by atoms with Gasteiger partial charge in [0.2, 0.25) is 0 Å². The number of aliphatic hydroxyl groups is 1. The molecular weight excluding hydrogens is 262 g/mol. The summed E-state index contributed by atoms with van der Waals surface area (Å²) in [6.45, 7) is 8.46. The molecule has 0 spiro atoms. The van der Waals surface area contributed by atoms with Crippen LogP contribution in [-0.4, -0.2) is 49.3 Å². The highest BCUT2D eigenvalue weighted by atomic mass is 16.3. The van der Waals surface area contributed by atoms with Gasteiger partial charge in [-0.3, -0.25) is 0 Å². The standard InChI is InChI=1S/C17H27N3O/c1-13(12-20-9-7-18-8-10-20)17(21)15-5-4-14-3-2-6-19-16(14)11-15/h4-5,11,13,17-19,21H,2-3,6-10,12H2,1H3. The van der Waals surface area contributed by atoms with Crippen molar-refractivity contribution < 1.29 is 5.11 Å². The topological polar surface area (TPSA) is 47.5 Å². The SMILES string of the molecule is CC(CN1CCNCC1)C(O)c1ccc2c(c1)NCCC2. The number of hydrogen-bond acceptors (Lipinski definition) is 4. The van der Waals surface area contributed by atoms with E-state index in [0.717, 1.165) is 51.3 Å². The lowest BCUT2D eigenvalue weighted by Gasteiger charge is -2.31. The number of aryl methyl sites for hydroxylation is 1. The first-order valence-corrected chi connectivity index (χ1v) is 8.22. The summed E-state index contributed by atoms with van der Waals surface area (Å²) in [5, 5.41) is 17.5. The molecule has 4 nitrogen and oxygen atoms in total. The zero-order chi connectivity index (χ0) is 14.7. The van der Waals surface area contributed by atoms with Crippen LogP contribution in [-0.2, 0) is 6.42 Å². The van der Waals surface area contributed by atoms with Gasteiger partial charge in [0.15, 0.2) is 0 Å². The summed E-state index contributed by atoms with van der Waals surface area (Å²) in [5.41, 5.74) is 3.64. The number of aliphatic hydroxyl groups excluding tert-OH is 1. The van der Waals surface area contributed by atoms with Gasteiger partial charge in [0, 0.05) is 45.0 Å². The normalized spacial score (nSPS) is 22.2. The molecule has 116 valence electrons. The largest absolute Gasteiger partial charge is 0.388 e. The van der Waals surface area contributed by atoms with Crippen molar-refractivity contribution in [3.05, 3.63) is 29.3 Å². The molecule has 2 aliphatic rings. The minimum absolute atomic E-state index is 0.254. The van der Waals surface area contributed by atoms with Crippen LogP contribution in [0.25, 0.3) is 0 Å². The first-order valence-electron chi connectivity index (χ1n) is 8.22. The predicted molar refractivity (Wildman–Crippen MR) is 86.7 cm³/mol. The maximum absolute atomic E-state index is 10.7. The first-order chi connectivity index (χ1) is 10.2. The van der Waals surface area contributed by atoms with Crippen molar-refractivity contribution in [1.29, 1.82) is 0 Å². The summed E-state index contributed by atoms with van der Waals surface area (Å²) in [7, 11) is 0. The van der Waals surface area contributed by atoms with Gasteiger partial charge in [-0.2, -0.15) is 0 Å². The van der Waals surface area contributed by atoms with Crippen LogP contribution >= 0.6 is 0 Å². The van der Waals surface area contributed by atoms with E-state index < -0.39 is 0 Å². The van der Waals surface area contributed by atoms with Crippen molar-refractivity contribution in [2.75, 3.05) is 44.6 Å². The third-order valence-electron chi connectivity index (χ3n) is 4.71. The van der Waals surface area contributed by atoms with Gasteiger partial charge >= 0.3 is 0 Å². The number of rotatable bonds is 4. The van der Waals surface area contributed by atoms with Crippen LogP contribution in [0.2, 0.25) is 0 Å². The number of benzene rings is 1. The fraction of sp³-hybridized carbons (Fsp3) is 0.647. The van der Waals surface area contributed by atoms with E-state index in [1.165, 1.54) is 17.7 Å². The third kappa shape index (κ3) is 3.57. The molecule has 0 aromatic heterocycles. The van der Waals surface area contributed by atoms with Gasteiger partial charge in [0.1, 0.15) is 0 Å². The second kappa shape index (κ2) is 6.77. The van der Waals surface area contributed by atoms with Crippen LogP contribution in [0.1, 0.15) is 30.6 Å². The lowest BCUT2D eigenvalue weighted by molar-refractivity contribution is 0.0842. The predicted octanol–water partition coefficient (Wildman–Crippen LogP) is 1.62. The summed E-state index contributed by atoms with van der Waals surface area (Å²) in [5.74, 6) is 0.254. The monoisotopic (exact) mass is 289 g/mol. The van der Waals surface area contributed by atoms with E-state index in [9.17, 15) is 5.11 Å². The highest BCUT2D eigenvalue weighted by molar-refractivity contribution is 5.55. The van der Waals surface area contributed by atoms with E-state index in [1.54, 1.807) is 0 Å². The summed E-state index contributed by atoms with van der Waals surface area (Å²) >= 11 is 0. The molecule has 2 atom stereocenters. The number of nitrogens with zero attached hydrogens (tertiary/aromatic N) is 1. The third-order valence-corrected chi connectivity index (χ3v) is 4.71. The lowest BCUT2D eigenvalue weighted by atomic mass is 9.93. The molecule has 2 unspecified atom stereocenters. The maximum Gasteiger partial charge on any atom is 0.0828 e. The fourth-order valence-corrected chi connectivity index (χ4v) is 3.39. The van der Waals surface area contributed by atoms with Crippen LogP contribution in [0, 0.1) is 5.92 Å². The van der Waals surface area contributed by atoms with Crippen LogP contribution < -0.4 is 10.6 Å². The molecule has 0 amide bonds. The smallest absolute Gasteiger partial charge is 0.0828 e. The maximum atomic E-state index is 10.7. The van der Waals surface area contributed by atoms with E-state index in [0.29, 0.717) is 0 Å². The molecule has 2 heterocycles. The second-order valence-electron chi connectivity index (χ2n) is 6.42. The van der Waals surface area contributed by atoms with Crippen molar-refractivity contribution in [2.45, 2.75) is 25.9 Å². The number of piperazine rings is 1. The molecule has 0 bridgehead atoms. The summed E-state index contributed by atoms with van der Waals surface area (Å²) < 4.78 is 0. The van der Waals surface area contributed by atoms with Crippen molar-refractivity contribution in [3.8, 4) is 0 Å². The van der Waals surface area contributed by atoms with Crippen molar-refractivity contribution >= 4 is 5.69 Å². The number of hydrogen-bond donors (Lipinski definition) is 3. The molecule has 1 saturated heterocycles. The summed E-state index contributed by atoms with van der Waals surface area (Å²) in [4.78, 5) is 2.45. The van der Waals surface area contributed by atoms with E-state index in [2.05, 4.69) is 40.7 Å². The number of anilines is 1. The van der Waals surface area contributed by atoms with Crippen LogP contribution in [0.4, 0.5) is 5.69 Å². The Kier molecular flexibility index (Phi) is 4.78. The molecule has 2 aliphatic heterocycles. The van der Waals surface area contributed by atoms with Crippen molar-refractivity contribution in [1.82, 2.24) is 10.2 Å². The average Bonchev–Trinajstić information content (AvgIpc) is 2.54. The molecule has 0 saturated carbocycles. The molecule has 1 aromatic carbocycles. The lowest BCUT2D eigenvalue weighted by Crippen LogP contribution is -2.45. The Hall–Kier alpha value is -1.10. The molecule has 1 fully saturated rings. The zero-order valence-electron chi connectivity index (χ0n) is 12.9. The van der Waals surface area contributed by atoms with Crippen LogP contribution in [0.15, 0.2) is 18.2 Å². The molecule has 3 rings (SSSR count). The average molecular weight is 289 g/mol. The molecule has 21 heavy (non-hydrogen) atoms. The van der Waals surface area contributed by atoms with Gasteiger partial charge in [-0.05, 0) is 36.0 Å². The minimum Gasteiger partial charge on any atom is -0.388 e. The van der Waals surface area contributed by atoms with Gasteiger partial charge in [0.25, 0.3) is 0 Å². The van der Waals surface area contributed by atoms with Gasteiger partial charge in [-0.25, -0.2) is 0 Å². The van der Waals surface area contributed by atoms with E-state index in [4.69, 9.17) is 0 Å². The fourth-order valence-electron chi connectivity index (χ4n) is 3.39. The Morgan fingerprint density at radius 2 is 2.05 bits per heavy atom. The molecule has 3 N–H and O–H groups in total. The van der Waals surface area contributed by atoms with Crippen LogP contribution in [0.3, 0.4) is 0 Å². The van der Waals surface area contributed by atoms with Crippen LogP contribution in [0.5, 0.6) is 0 Å². The second-order valence-corrected chi connectivity index (χ2v) is 6.42. The molecule has 1 aromatic rings. The quantitative estimate of drug-likeness (QED) is 0.788. The zero-order valence-corrected chi connectivity index (χ0v) is 12.9. The Labute approximate surface area is 127 Å². The van der Waals surface area contributed by atoms with Gasteiger partial charge in [-0.15, -0.1) is 0 Å².